The van der Waals surface area contributed by atoms with Crippen molar-refractivity contribution in [1.29, 1.82) is 0 Å². The average molecular weight is 382 g/mol. The summed E-state index contributed by atoms with van der Waals surface area (Å²) in [6.45, 7) is 8.97. The zero-order chi connectivity index (χ0) is 22.3. The fraction of sp³-hybridized carbons (Fsp3) is 0.417. The number of benzene rings is 2. The zero-order valence-corrected chi connectivity index (χ0v) is 16.9. The Kier molecular flexibility index (Phi) is 4.63. The molecule has 0 spiro atoms. The van der Waals surface area contributed by atoms with Crippen LogP contribution in [-0.4, -0.2) is 17.0 Å². The minimum atomic E-state index is -1.99. The van der Waals surface area contributed by atoms with Crippen LogP contribution in [0.2, 0.25) is 0 Å². The third-order valence-corrected chi connectivity index (χ3v) is 5.70. The SMILES string of the molecule is [2H]C([2H])(CC(=O)O)c1ccc(C(=O)Nc2ccc3c(c2)C(C)(C)CCC3(C)C)cc1. The maximum atomic E-state index is 12.7. The highest BCUT2D eigenvalue weighted by atomic mass is 16.4. The molecule has 2 aromatic carbocycles. The van der Waals surface area contributed by atoms with E-state index >= 15 is 0 Å². The van der Waals surface area contributed by atoms with Crippen molar-refractivity contribution < 1.29 is 17.4 Å². The summed E-state index contributed by atoms with van der Waals surface area (Å²) in [6, 6.07) is 12.1. The Morgan fingerprint density at radius 1 is 1.00 bits per heavy atom. The Bertz CT molecular complexity index is 978. The molecule has 1 aliphatic carbocycles. The number of carboxylic acid groups (broad SMARTS) is 1. The van der Waals surface area contributed by atoms with Crippen molar-refractivity contribution >= 4 is 17.6 Å². The first kappa shape index (κ1) is 17.5. The molecule has 0 heterocycles. The normalized spacial score (nSPS) is 18.4. The van der Waals surface area contributed by atoms with Crippen molar-refractivity contribution in [3.63, 3.8) is 0 Å². The molecule has 0 aliphatic heterocycles. The van der Waals surface area contributed by atoms with Crippen molar-refractivity contribution in [2.24, 2.45) is 0 Å². The zero-order valence-electron chi connectivity index (χ0n) is 18.9. The number of carboxylic acids is 1. The van der Waals surface area contributed by atoms with E-state index in [9.17, 15) is 9.59 Å². The standard InChI is InChI=1S/C24H29NO3/c1-23(2)13-14-24(3,4)20-15-18(10-11-19(20)23)25-22(28)17-8-5-16(6-9-17)7-12-21(26)27/h5-6,8-11,15H,7,12-14H2,1-4H3,(H,25,28)(H,26,27)/i7D2. The molecule has 2 N–H and O–H groups in total. The van der Waals surface area contributed by atoms with Crippen LogP contribution < -0.4 is 5.32 Å². The summed E-state index contributed by atoms with van der Waals surface area (Å²) in [4.78, 5) is 23.6. The molecule has 4 heteroatoms. The van der Waals surface area contributed by atoms with Gasteiger partial charge in [-0.2, -0.15) is 0 Å². The van der Waals surface area contributed by atoms with E-state index in [1.165, 1.54) is 35.4 Å². The fourth-order valence-corrected chi connectivity index (χ4v) is 3.79. The van der Waals surface area contributed by atoms with Gasteiger partial charge in [0.15, 0.2) is 0 Å². The summed E-state index contributed by atoms with van der Waals surface area (Å²) in [7, 11) is 0. The van der Waals surface area contributed by atoms with Crippen LogP contribution in [0.1, 0.15) is 76.7 Å². The fourth-order valence-electron chi connectivity index (χ4n) is 3.79. The molecule has 28 heavy (non-hydrogen) atoms. The molecule has 0 saturated heterocycles. The smallest absolute Gasteiger partial charge is 0.303 e. The molecule has 1 aliphatic rings. The first-order valence-corrected chi connectivity index (χ1v) is 9.61. The van der Waals surface area contributed by atoms with Gasteiger partial charge >= 0.3 is 5.97 Å². The van der Waals surface area contributed by atoms with Gasteiger partial charge in [0.1, 0.15) is 0 Å². The van der Waals surface area contributed by atoms with Gasteiger partial charge in [0, 0.05) is 20.4 Å². The second-order valence-electron chi connectivity index (χ2n) is 8.81. The van der Waals surface area contributed by atoms with E-state index in [0.29, 0.717) is 5.56 Å². The Morgan fingerprint density at radius 2 is 1.61 bits per heavy atom. The molecule has 148 valence electrons. The highest BCUT2D eigenvalue weighted by molar-refractivity contribution is 6.04. The number of carbonyl (C=O) groups excluding carboxylic acids is 1. The molecule has 0 unspecified atom stereocenters. The van der Waals surface area contributed by atoms with E-state index in [2.05, 4.69) is 45.1 Å². The number of hydrogen-bond acceptors (Lipinski definition) is 2. The first-order valence-electron chi connectivity index (χ1n) is 10.6. The Morgan fingerprint density at radius 3 is 2.21 bits per heavy atom. The van der Waals surface area contributed by atoms with Crippen LogP contribution in [0, 0.1) is 0 Å². The lowest BCUT2D eigenvalue weighted by Crippen LogP contribution is -2.33. The number of amides is 1. The number of carbonyl (C=O) groups is 2. The van der Waals surface area contributed by atoms with Crippen LogP contribution in [-0.2, 0) is 22.0 Å². The Labute approximate surface area is 169 Å². The third-order valence-electron chi connectivity index (χ3n) is 5.70. The van der Waals surface area contributed by atoms with Gasteiger partial charge < -0.3 is 10.4 Å². The summed E-state index contributed by atoms with van der Waals surface area (Å²) < 4.78 is 15.8. The molecule has 0 saturated carbocycles. The van der Waals surface area contributed by atoms with Crippen LogP contribution in [0.5, 0.6) is 0 Å². The van der Waals surface area contributed by atoms with E-state index < -0.39 is 18.8 Å². The summed E-state index contributed by atoms with van der Waals surface area (Å²) in [6.07, 6.45) is -0.401. The first-order chi connectivity index (χ1) is 13.8. The predicted octanol–water partition coefficient (Wildman–Crippen LogP) is 5.31. The lowest BCUT2D eigenvalue weighted by Gasteiger charge is -2.42. The lowest BCUT2D eigenvalue weighted by atomic mass is 9.63. The van der Waals surface area contributed by atoms with E-state index in [1.807, 2.05) is 6.07 Å². The minimum absolute atomic E-state index is 0.0446. The molecule has 0 bridgehead atoms. The number of aliphatic carboxylic acids is 1. The van der Waals surface area contributed by atoms with E-state index in [-0.39, 0.29) is 22.3 Å². The number of aryl methyl sites for hydroxylation is 1. The Balaban J connectivity index is 1.81. The summed E-state index contributed by atoms with van der Waals surface area (Å²) in [5.74, 6) is -1.49. The summed E-state index contributed by atoms with van der Waals surface area (Å²) >= 11 is 0. The molecular formula is C24H29NO3. The molecule has 4 nitrogen and oxygen atoms in total. The maximum Gasteiger partial charge on any atom is 0.303 e. The highest BCUT2D eigenvalue weighted by Crippen LogP contribution is 2.46. The van der Waals surface area contributed by atoms with Gasteiger partial charge in [0.2, 0.25) is 0 Å². The second-order valence-corrected chi connectivity index (χ2v) is 8.81. The van der Waals surface area contributed by atoms with Crippen LogP contribution in [0.25, 0.3) is 0 Å². The van der Waals surface area contributed by atoms with Crippen LogP contribution >= 0.6 is 0 Å². The largest absolute Gasteiger partial charge is 0.481 e. The van der Waals surface area contributed by atoms with Crippen LogP contribution in [0.15, 0.2) is 42.5 Å². The van der Waals surface area contributed by atoms with Crippen molar-refractivity contribution in [1.82, 2.24) is 0 Å². The van der Waals surface area contributed by atoms with Gasteiger partial charge in [-0.05, 0) is 71.0 Å². The van der Waals surface area contributed by atoms with Crippen LogP contribution in [0.4, 0.5) is 5.69 Å². The quantitative estimate of drug-likeness (QED) is 0.738. The molecule has 0 atom stereocenters. The number of fused-ring (bicyclic) bond motifs is 1. The molecule has 3 rings (SSSR count). The van der Waals surface area contributed by atoms with Gasteiger partial charge in [0.25, 0.3) is 5.91 Å². The molecular weight excluding hydrogens is 350 g/mol. The third kappa shape index (κ3) is 4.27. The van der Waals surface area contributed by atoms with Gasteiger partial charge in [-0.1, -0.05) is 45.9 Å². The van der Waals surface area contributed by atoms with Crippen LogP contribution in [0.3, 0.4) is 0 Å². The van der Waals surface area contributed by atoms with Gasteiger partial charge in [-0.15, -0.1) is 0 Å². The van der Waals surface area contributed by atoms with Gasteiger partial charge in [-0.3, -0.25) is 9.59 Å². The van der Waals surface area contributed by atoms with Gasteiger partial charge in [-0.25, -0.2) is 0 Å². The summed E-state index contributed by atoms with van der Waals surface area (Å²) in [5.41, 5.74) is 4.09. The van der Waals surface area contributed by atoms with Crippen molar-refractivity contribution in [3.8, 4) is 0 Å². The number of rotatable bonds is 5. The van der Waals surface area contributed by atoms with Crippen molar-refractivity contribution in [2.75, 3.05) is 5.32 Å². The highest BCUT2D eigenvalue weighted by Gasteiger charge is 2.37. The van der Waals surface area contributed by atoms with E-state index in [0.717, 1.165) is 18.5 Å². The average Bonchev–Trinajstić information content (AvgIpc) is 2.65. The molecule has 0 aromatic heterocycles. The molecule has 2 aromatic rings. The Hall–Kier alpha value is -2.62. The van der Waals surface area contributed by atoms with Gasteiger partial charge in [0.05, 0.1) is 0 Å². The topological polar surface area (TPSA) is 66.4 Å². The maximum absolute atomic E-state index is 12.7. The predicted molar refractivity (Wildman–Crippen MR) is 112 cm³/mol. The van der Waals surface area contributed by atoms with E-state index in [4.69, 9.17) is 7.85 Å². The van der Waals surface area contributed by atoms with Crippen molar-refractivity contribution in [3.05, 3.63) is 64.7 Å². The number of hydrogen-bond donors (Lipinski definition) is 2. The molecule has 1 amide bonds. The van der Waals surface area contributed by atoms with Crippen molar-refractivity contribution in [2.45, 2.75) is 64.2 Å². The number of anilines is 1. The van der Waals surface area contributed by atoms with E-state index in [1.54, 1.807) is 0 Å². The second kappa shape index (κ2) is 7.42. The monoisotopic (exact) mass is 381 g/mol. The lowest BCUT2D eigenvalue weighted by molar-refractivity contribution is -0.136. The summed E-state index contributed by atoms with van der Waals surface area (Å²) in [5, 5.41) is 11.8. The minimum Gasteiger partial charge on any atom is -0.481 e. The molecule has 0 radical (unpaired) electrons. The molecule has 0 fully saturated rings. The number of nitrogens with one attached hydrogen (secondary N) is 1.